The van der Waals surface area contributed by atoms with Gasteiger partial charge >= 0.3 is 12.0 Å². The number of urea groups is 1. The molecule has 3 saturated heterocycles. The summed E-state index contributed by atoms with van der Waals surface area (Å²) in [5.74, 6) is -0.197. The third-order valence-electron chi connectivity index (χ3n) is 4.43. The van der Waals surface area contributed by atoms with Crippen molar-refractivity contribution in [3.8, 4) is 0 Å². The van der Waals surface area contributed by atoms with Crippen LogP contribution in [0.2, 0.25) is 0 Å². The highest BCUT2D eigenvalue weighted by atomic mass is 16.5. The topological polar surface area (TPSA) is 61.9 Å². The molecule has 6 heteroatoms. The average molecular weight is 311 g/mol. The van der Waals surface area contributed by atoms with E-state index in [1.165, 1.54) is 0 Å². The molecule has 0 aromatic rings. The number of hydrogen-bond donors (Lipinski definition) is 1. The molecule has 0 aromatic carbocycles. The fraction of sp³-hybridized carbons (Fsp3) is 0.875. The molecule has 3 heterocycles. The molecular weight excluding hydrogens is 282 g/mol. The largest absolute Gasteiger partial charge is 0.463 e. The van der Waals surface area contributed by atoms with E-state index in [2.05, 4.69) is 10.2 Å². The Morgan fingerprint density at radius 1 is 1.14 bits per heavy atom. The van der Waals surface area contributed by atoms with Gasteiger partial charge in [0.25, 0.3) is 0 Å². The van der Waals surface area contributed by atoms with Gasteiger partial charge in [0.2, 0.25) is 0 Å². The van der Waals surface area contributed by atoms with Crippen molar-refractivity contribution >= 4 is 12.0 Å². The van der Waals surface area contributed by atoms with Crippen molar-refractivity contribution in [3.05, 3.63) is 0 Å². The molecule has 3 aliphatic heterocycles. The van der Waals surface area contributed by atoms with Crippen LogP contribution in [-0.2, 0) is 9.53 Å². The SMILES string of the molecule is CC(CCC(=O)OC(C)C)NC(=O)N1CCN2CCC1CC2. The minimum atomic E-state index is -0.197. The molecule has 126 valence electrons. The van der Waals surface area contributed by atoms with Gasteiger partial charge in [0.15, 0.2) is 0 Å². The lowest BCUT2D eigenvalue weighted by Gasteiger charge is -2.32. The number of amides is 2. The summed E-state index contributed by atoms with van der Waals surface area (Å²) in [4.78, 5) is 28.4. The maximum Gasteiger partial charge on any atom is 0.317 e. The van der Waals surface area contributed by atoms with E-state index in [1.807, 2.05) is 25.7 Å². The summed E-state index contributed by atoms with van der Waals surface area (Å²) in [5, 5.41) is 3.03. The third-order valence-corrected chi connectivity index (χ3v) is 4.43. The highest BCUT2D eigenvalue weighted by Gasteiger charge is 2.32. The van der Waals surface area contributed by atoms with Crippen molar-refractivity contribution in [2.24, 2.45) is 0 Å². The minimum absolute atomic E-state index is 0.0125. The number of fused-ring (bicyclic) bond motifs is 4. The maximum atomic E-state index is 12.5. The Morgan fingerprint density at radius 2 is 1.82 bits per heavy atom. The predicted octanol–water partition coefficient (Wildman–Crippen LogP) is 1.60. The summed E-state index contributed by atoms with van der Waals surface area (Å²) in [6, 6.07) is 0.364. The molecule has 1 N–H and O–H groups in total. The minimum Gasteiger partial charge on any atom is -0.463 e. The lowest BCUT2D eigenvalue weighted by atomic mass is 10.1. The monoisotopic (exact) mass is 311 g/mol. The van der Waals surface area contributed by atoms with Crippen LogP contribution in [-0.4, -0.2) is 66.2 Å². The normalized spacial score (nSPS) is 25.7. The van der Waals surface area contributed by atoms with E-state index in [0.717, 1.165) is 39.0 Å². The second-order valence-electron chi connectivity index (χ2n) is 6.69. The Labute approximate surface area is 133 Å². The van der Waals surface area contributed by atoms with Gasteiger partial charge in [-0.05, 0) is 40.0 Å². The van der Waals surface area contributed by atoms with Crippen LogP contribution in [0.25, 0.3) is 0 Å². The number of carbonyl (C=O) groups is 2. The third kappa shape index (κ3) is 4.87. The van der Waals surface area contributed by atoms with E-state index in [4.69, 9.17) is 4.74 Å². The Bertz CT molecular complexity index is 392. The van der Waals surface area contributed by atoms with Crippen LogP contribution in [0.5, 0.6) is 0 Å². The van der Waals surface area contributed by atoms with Crippen LogP contribution < -0.4 is 5.32 Å². The van der Waals surface area contributed by atoms with Gasteiger partial charge in [0.05, 0.1) is 6.10 Å². The molecule has 0 aromatic heterocycles. The zero-order valence-electron chi connectivity index (χ0n) is 14.0. The molecule has 3 aliphatic rings. The molecule has 0 aliphatic carbocycles. The van der Waals surface area contributed by atoms with Crippen molar-refractivity contribution in [1.82, 2.24) is 15.1 Å². The molecule has 2 amide bonds. The van der Waals surface area contributed by atoms with E-state index >= 15 is 0 Å². The van der Waals surface area contributed by atoms with Gasteiger partial charge in [-0.25, -0.2) is 4.79 Å². The van der Waals surface area contributed by atoms with Crippen molar-refractivity contribution < 1.29 is 14.3 Å². The van der Waals surface area contributed by atoms with E-state index in [1.54, 1.807) is 0 Å². The molecule has 22 heavy (non-hydrogen) atoms. The first-order valence-corrected chi connectivity index (χ1v) is 8.44. The van der Waals surface area contributed by atoms with E-state index in [-0.39, 0.29) is 24.1 Å². The quantitative estimate of drug-likeness (QED) is 0.783. The van der Waals surface area contributed by atoms with Crippen LogP contribution >= 0.6 is 0 Å². The zero-order valence-corrected chi connectivity index (χ0v) is 14.0. The van der Waals surface area contributed by atoms with Gasteiger partial charge in [-0.1, -0.05) is 0 Å². The smallest absolute Gasteiger partial charge is 0.317 e. The molecule has 3 rings (SSSR count). The van der Waals surface area contributed by atoms with Crippen molar-refractivity contribution in [1.29, 1.82) is 0 Å². The Kier molecular flexibility index (Phi) is 6.06. The Morgan fingerprint density at radius 3 is 2.45 bits per heavy atom. The molecule has 0 spiro atoms. The fourth-order valence-electron chi connectivity index (χ4n) is 3.18. The maximum absolute atomic E-state index is 12.5. The number of nitrogens with zero attached hydrogens (tertiary/aromatic N) is 2. The molecule has 0 saturated carbocycles. The number of nitrogens with one attached hydrogen (secondary N) is 1. The fourth-order valence-corrected chi connectivity index (χ4v) is 3.18. The average Bonchev–Trinajstić information content (AvgIpc) is 2.78. The van der Waals surface area contributed by atoms with Gasteiger partial charge in [-0.3, -0.25) is 4.79 Å². The molecule has 6 nitrogen and oxygen atoms in total. The Balaban J connectivity index is 1.75. The van der Waals surface area contributed by atoms with E-state index in [0.29, 0.717) is 18.9 Å². The summed E-state index contributed by atoms with van der Waals surface area (Å²) in [7, 11) is 0. The summed E-state index contributed by atoms with van der Waals surface area (Å²) in [6.45, 7) is 9.60. The van der Waals surface area contributed by atoms with Crippen molar-refractivity contribution in [2.45, 2.75) is 64.6 Å². The summed E-state index contributed by atoms with van der Waals surface area (Å²) in [6.07, 6.45) is 3.02. The first-order valence-electron chi connectivity index (χ1n) is 8.44. The van der Waals surface area contributed by atoms with Crippen LogP contribution in [0.4, 0.5) is 4.79 Å². The molecule has 1 unspecified atom stereocenters. The molecular formula is C16H29N3O3. The standard InChI is InChI=1S/C16H29N3O3/c1-12(2)22-15(20)5-4-13(3)17-16(21)19-11-10-18-8-6-14(19)7-9-18/h12-14H,4-11H2,1-3H3,(H,17,21). The molecule has 0 radical (unpaired) electrons. The van der Waals surface area contributed by atoms with E-state index in [9.17, 15) is 9.59 Å². The van der Waals surface area contributed by atoms with Crippen LogP contribution in [0.3, 0.4) is 0 Å². The summed E-state index contributed by atoms with van der Waals surface area (Å²) >= 11 is 0. The van der Waals surface area contributed by atoms with Gasteiger partial charge in [-0.15, -0.1) is 0 Å². The number of ether oxygens (including phenoxy) is 1. The number of piperidine rings is 1. The second kappa shape index (κ2) is 7.81. The number of carbonyl (C=O) groups excluding carboxylic acids is 2. The lowest BCUT2D eigenvalue weighted by Crippen LogP contribution is -2.49. The van der Waals surface area contributed by atoms with Crippen LogP contribution in [0.15, 0.2) is 0 Å². The molecule has 3 fully saturated rings. The second-order valence-corrected chi connectivity index (χ2v) is 6.69. The van der Waals surface area contributed by atoms with Gasteiger partial charge in [-0.2, -0.15) is 0 Å². The molecule has 1 atom stereocenters. The van der Waals surface area contributed by atoms with E-state index < -0.39 is 0 Å². The van der Waals surface area contributed by atoms with Crippen LogP contribution in [0, 0.1) is 0 Å². The highest BCUT2D eigenvalue weighted by molar-refractivity contribution is 5.75. The predicted molar refractivity (Wildman–Crippen MR) is 84.6 cm³/mol. The van der Waals surface area contributed by atoms with Crippen molar-refractivity contribution in [2.75, 3.05) is 26.2 Å². The number of rotatable bonds is 5. The molecule has 2 bridgehead atoms. The first-order chi connectivity index (χ1) is 10.5. The first kappa shape index (κ1) is 17.1. The summed E-state index contributed by atoms with van der Waals surface area (Å²) in [5.41, 5.74) is 0. The number of esters is 1. The van der Waals surface area contributed by atoms with Gasteiger partial charge in [0.1, 0.15) is 0 Å². The van der Waals surface area contributed by atoms with Crippen LogP contribution in [0.1, 0.15) is 46.5 Å². The summed E-state index contributed by atoms with van der Waals surface area (Å²) < 4.78 is 5.11. The lowest BCUT2D eigenvalue weighted by molar-refractivity contribution is -0.147. The highest BCUT2D eigenvalue weighted by Crippen LogP contribution is 2.20. The Hall–Kier alpha value is -1.30. The van der Waals surface area contributed by atoms with Crippen molar-refractivity contribution in [3.63, 3.8) is 0 Å². The van der Waals surface area contributed by atoms with Gasteiger partial charge < -0.3 is 19.9 Å². The zero-order chi connectivity index (χ0) is 16.1. The number of hydrogen-bond acceptors (Lipinski definition) is 4. The van der Waals surface area contributed by atoms with Gasteiger partial charge in [0, 0.05) is 44.7 Å².